The molecule has 3 aromatic heterocycles. The fourth-order valence-electron chi connectivity index (χ4n) is 4.43. The van der Waals surface area contributed by atoms with Gasteiger partial charge in [-0.3, -0.25) is 22.9 Å². The summed E-state index contributed by atoms with van der Waals surface area (Å²) in [4.78, 5) is 30.3. The van der Waals surface area contributed by atoms with E-state index >= 15 is 0 Å². The molecular formula is C24H20ClN5O5. The number of rotatable bonds is 3. The van der Waals surface area contributed by atoms with E-state index in [2.05, 4.69) is 0 Å². The van der Waals surface area contributed by atoms with Gasteiger partial charge in [-0.2, -0.15) is 4.98 Å². The van der Waals surface area contributed by atoms with Gasteiger partial charge in [0.2, 0.25) is 5.78 Å². The number of ether oxygens (including phenoxy) is 3. The molecule has 0 N–H and O–H groups in total. The number of aromatic nitrogens is 5. The van der Waals surface area contributed by atoms with Gasteiger partial charge in [0.05, 0.1) is 23.5 Å². The highest BCUT2D eigenvalue weighted by atomic mass is 35.5. The zero-order valence-electron chi connectivity index (χ0n) is 19.1. The Bertz CT molecular complexity index is 1780. The van der Waals surface area contributed by atoms with Crippen LogP contribution in [-0.4, -0.2) is 43.4 Å². The molecule has 5 aromatic rings. The van der Waals surface area contributed by atoms with Crippen LogP contribution in [0.15, 0.2) is 52.2 Å². The van der Waals surface area contributed by atoms with E-state index in [1.54, 1.807) is 30.7 Å². The second-order valence-corrected chi connectivity index (χ2v) is 8.59. The topological polar surface area (TPSA) is 93.9 Å². The summed E-state index contributed by atoms with van der Waals surface area (Å²) in [6, 6.07) is 11.0. The third kappa shape index (κ3) is 3.06. The summed E-state index contributed by atoms with van der Waals surface area (Å²) < 4.78 is 22.8. The number of fused-ring (bicyclic) bond motifs is 4. The molecule has 0 bridgehead atoms. The van der Waals surface area contributed by atoms with E-state index in [0.717, 1.165) is 21.5 Å². The van der Waals surface area contributed by atoms with Gasteiger partial charge < -0.3 is 14.2 Å². The first-order valence-electron chi connectivity index (χ1n) is 10.8. The first kappa shape index (κ1) is 21.4. The Balaban J connectivity index is 1.72. The predicted octanol–water partition coefficient (Wildman–Crippen LogP) is 2.78. The predicted molar refractivity (Wildman–Crippen MR) is 130 cm³/mol. The molecule has 178 valence electrons. The molecule has 35 heavy (non-hydrogen) atoms. The zero-order chi connectivity index (χ0) is 24.4. The Hall–Kier alpha value is -4.18. The number of hydrogen-bond donors (Lipinski definition) is 0. The van der Waals surface area contributed by atoms with Crippen LogP contribution >= 0.6 is 11.6 Å². The summed E-state index contributed by atoms with van der Waals surface area (Å²) in [5.74, 6) is 2.27. The normalized spacial score (nSPS) is 13.0. The lowest BCUT2D eigenvalue weighted by atomic mass is 10.1. The summed E-state index contributed by atoms with van der Waals surface area (Å²) in [7, 11) is 4.60. The molecule has 0 amide bonds. The summed E-state index contributed by atoms with van der Waals surface area (Å²) in [5, 5.41) is 0.445. The van der Waals surface area contributed by atoms with Gasteiger partial charge in [0, 0.05) is 31.9 Å². The molecule has 0 spiro atoms. The number of methoxy groups -OCH3 is 1. The molecule has 0 saturated carbocycles. The number of benzene rings is 2. The summed E-state index contributed by atoms with van der Waals surface area (Å²) >= 11 is 6.44. The van der Waals surface area contributed by atoms with Crippen molar-refractivity contribution in [1.82, 2.24) is 23.1 Å². The lowest BCUT2D eigenvalue weighted by molar-refractivity contribution is 0.171. The largest absolute Gasteiger partial charge is 0.495 e. The van der Waals surface area contributed by atoms with Crippen molar-refractivity contribution < 1.29 is 14.2 Å². The van der Waals surface area contributed by atoms with Crippen LogP contribution in [0.4, 0.5) is 0 Å². The van der Waals surface area contributed by atoms with Gasteiger partial charge in [-0.05, 0) is 30.3 Å². The highest BCUT2D eigenvalue weighted by Crippen LogP contribution is 2.37. The lowest BCUT2D eigenvalue weighted by Crippen LogP contribution is -2.37. The van der Waals surface area contributed by atoms with E-state index in [9.17, 15) is 9.59 Å². The van der Waals surface area contributed by atoms with Crippen molar-refractivity contribution in [1.29, 1.82) is 0 Å². The monoisotopic (exact) mass is 493 g/mol. The van der Waals surface area contributed by atoms with Gasteiger partial charge in [-0.1, -0.05) is 11.6 Å². The molecule has 1 aliphatic rings. The molecule has 4 heterocycles. The van der Waals surface area contributed by atoms with Crippen LogP contribution in [0.2, 0.25) is 5.02 Å². The quantitative estimate of drug-likeness (QED) is 0.383. The smallest absolute Gasteiger partial charge is 0.332 e. The van der Waals surface area contributed by atoms with Crippen molar-refractivity contribution in [3.05, 3.63) is 68.5 Å². The van der Waals surface area contributed by atoms with Crippen molar-refractivity contribution in [2.45, 2.75) is 0 Å². The zero-order valence-corrected chi connectivity index (χ0v) is 19.9. The minimum Gasteiger partial charge on any atom is -0.495 e. The highest BCUT2D eigenvalue weighted by molar-refractivity contribution is 6.32. The minimum atomic E-state index is -0.448. The standard InChI is InChI=1S/C24H20ClN5O5/c1-27-21-20(22(31)28(2)24(27)32)29-12-16(13-4-6-17(33-3)15(25)10-13)30(23(29)26-21)14-5-7-18-19(11-14)35-9-8-34-18/h4-7,10-12H,8-9H2,1-3H3. The fraction of sp³-hybridized carbons (Fsp3) is 0.208. The Labute approximate surface area is 203 Å². The third-order valence-electron chi connectivity index (χ3n) is 6.20. The van der Waals surface area contributed by atoms with Crippen LogP contribution in [0.25, 0.3) is 33.9 Å². The van der Waals surface area contributed by atoms with E-state index < -0.39 is 11.2 Å². The Morgan fingerprint density at radius 3 is 2.51 bits per heavy atom. The number of aryl methyl sites for hydroxylation is 1. The molecule has 11 heteroatoms. The first-order chi connectivity index (χ1) is 16.9. The SMILES string of the molecule is COc1ccc(-c2cn3c4c(=O)n(C)c(=O)n(C)c4nc3n2-c2ccc3c(c2)OCCO3)cc1Cl. The van der Waals surface area contributed by atoms with E-state index in [-0.39, 0.29) is 0 Å². The van der Waals surface area contributed by atoms with Gasteiger partial charge in [0.1, 0.15) is 19.0 Å². The summed E-state index contributed by atoms with van der Waals surface area (Å²) in [6.07, 6.45) is 1.81. The van der Waals surface area contributed by atoms with Gasteiger partial charge in [-0.25, -0.2) is 4.79 Å². The van der Waals surface area contributed by atoms with Crippen LogP contribution in [0, 0.1) is 0 Å². The second kappa shape index (κ2) is 7.67. The van der Waals surface area contributed by atoms with Gasteiger partial charge >= 0.3 is 5.69 Å². The van der Waals surface area contributed by atoms with Crippen molar-refractivity contribution in [2.24, 2.45) is 14.1 Å². The van der Waals surface area contributed by atoms with Gasteiger partial charge in [0.25, 0.3) is 5.56 Å². The second-order valence-electron chi connectivity index (χ2n) is 8.19. The van der Waals surface area contributed by atoms with Crippen molar-refractivity contribution in [2.75, 3.05) is 20.3 Å². The highest BCUT2D eigenvalue weighted by Gasteiger charge is 2.23. The van der Waals surface area contributed by atoms with Crippen LogP contribution in [-0.2, 0) is 14.1 Å². The molecule has 0 saturated heterocycles. The van der Waals surface area contributed by atoms with E-state index in [0.29, 0.717) is 52.4 Å². The van der Waals surface area contributed by atoms with Crippen molar-refractivity contribution in [3.8, 4) is 34.2 Å². The Morgan fingerprint density at radius 2 is 1.77 bits per heavy atom. The maximum atomic E-state index is 13.1. The maximum absolute atomic E-state index is 13.1. The molecule has 0 radical (unpaired) electrons. The van der Waals surface area contributed by atoms with Crippen LogP contribution in [0.5, 0.6) is 17.2 Å². The fourth-order valence-corrected chi connectivity index (χ4v) is 4.68. The van der Waals surface area contributed by atoms with Crippen LogP contribution in [0.1, 0.15) is 0 Å². The number of nitrogens with zero attached hydrogens (tertiary/aromatic N) is 5. The first-order valence-corrected chi connectivity index (χ1v) is 11.2. The molecule has 0 aliphatic carbocycles. The number of halogens is 1. The van der Waals surface area contributed by atoms with Gasteiger partial charge in [0.15, 0.2) is 22.7 Å². The number of hydrogen-bond acceptors (Lipinski definition) is 6. The number of imidazole rings is 2. The van der Waals surface area contributed by atoms with Gasteiger partial charge in [-0.15, -0.1) is 0 Å². The molecule has 6 rings (SSSR count). The third-order valence-corrected chi connectivity index (χ3v) is 6.49. The van der Waals surface area contributed by atoms with Crippen molar-refractivity contribution >= 4 is 28.5 Å². The van der Waals surface area contributed by atoms with Crippen LogP contribution < -0.4 is 25.5 Å². The Kier molecular flexibility index (Phi) is 4.68. The minimum absolute atomic E-state index is 0.290. The molecule has 0 fully saturated rings. The maximum Gasteiger partial charge on any atom is 0.332 e. The summed E-state index contributed by atoms with van der Waals surface area (Å²) in [6.45, 7) is 0.933. The molecule has 1 aliphatic heterocycles. The average Bonchev–Trinajstić information content (AvgIpc) is 3.42. The molecule has 2 aromatic carbocycles. The van der Waals surface area contributed by atoms with E-state index in [4.69, 9.17) is 30.8 Å². The Morgan fingerprint density at radius 1 is 1.00 bits per heavy atom. The molecule has 10 nitrogen and oxygen atoms in total. The van der Waals surface area contributed by atoms with Crippen LogP contribution in [0.3, 0.4) is 0 Å². The van der Waals surface area contributed by atoms with Crippen molar-refractivity contribution in [3.63, 3.8) is 0 Å². The van der Waals surface area contributed by atoms with E-state index in [1.807, 2.05) is 35.0 Å². The average molecular weight is 494 g/mol. The summed E-state index contributed by atoms with van der Waals surface area (Å²) in [5.41, 5.74) is 1.95. The molecular weight excluding hydrogens is 474 g/mol. The van der Waals surface area contributed by atoms with E-state index in [1.165, 1.54) is 11.6 Å². The molecule has 0 unspecified atom stereocenters. The molecule has 0 atom stereocenters. The lowest BCUT2D eigenvalue weighted by Gasteiger charge is -2.19.